The van der Waals surface area contributed by atoms with Gasteiger partial charge in [-0.05, 0) is 52.2 Å². The molecule has 0 spiro atoms. The molecule has 2 rings (SSSR count). The van der Waals surface area contributed by atoms with Gasteiger partial charge in [-0.2, -0.15) is 11.3 Å². The van der Waals surface area contributed by atoms with Crippen molar-refractivity contribution in [3.8, 4) is 5.75 Å². The molecule has 3 nitrogen and oxygen atoms in total. The molecular weight excluding hydrogens is 340 g/mol. The lowest BCUT2D eigenvalue weighted by Gasteiger charge is -2.07. The Labute approximate surface area is 129 Å². The Balaban J connectivity index is 1.98. The van der Waals surface area contributed by atoms with Gasteiger partial charge < -0.3 is 9.84 Å². The van der Waals surface area contributed by atoms with Crippen molar-refractivity contribution in [2.24, 2.45) is 0 Å². The summed E-state index contributed by atoms with van der Waals surface area (Å²) in [4.78, 5) is 10.5. The highest BCUT2D eigenvalue weighted by Crippen LogP contribution is 2.24. The zero-order valence-electron chi connectivity index (χ0n) is 10.6. The Bertz CT molecular complexity index is 606. The molecule has 20 heavy (non-hydrogen) atoms. The summed E-state index contributed by atoms with van der Waals surface area (Å²) >= 11 is 5.05. The van der Waals surface area contributed by atoms with Crippen molar-refractivity contribution in [1.29, 1.82) is 0 Å². The summed E-state index contributed by atoms with van der Waals surface area (Å²) in [5.74, 6) is -0.242. The summed E-state index contributed by atoms with van der Waals surface area (Å²) in [6, 6.07) is 7.60. The lowest BCUT2D eigenvalue weighted by atomic mass is 10.2. The predicted octanol–water partition coefficient (Wildman–Crippen LogP) is 4.23. The van der Waals surface area contributed by atoms with E-state index in [1.54, 1.807) is 11.3 Å². The van der Waals surface area contributed by atoms with Crippen molar-refractivity contribution in [3.05, 3.63) is 56.7 Å². The van der Waals surface area contributed by atoms with Gasteiger partial charge in [-0.25, -0.2) is 4.79 Å². The average Bonchev–Trinajstić information content (AvgIpc) is 2.92. The Kier molecular flexibility index (Phi) is 5.38. The normalized spacial score (nSPS) is 10.8. The molecule has 0 saturated carbocycles. The second-order valence-corrected chi connectivity index (χ2v) is 5.72. The summed E-state index contributed by atoms with van der Waals surface area (Å²) in [5, 5.41) is 12.8. The molecular formula is C15H13BrO3S. The fraction of sp³-hybridized carbons (Fsp3) is 0.133. The first-order valence-electron chi connectivity index (χ1n) is 5.99. The minimum Gasteiger partial charge on any atom is -0.493 e. The van der Waals surface area contributed by atoms with Gasteiger partial charge in [0.2, 0.25) is 0 Å². The minimum atomic E-state index is -0.972. The van der Waals surface area contributed by atoms with Crippen molar-refractivity contribution in [1.82, 2.24) is 0 Å². The van der Waals surface area contributed by atoms with Crippen LogP contribution in [0, 0.1) is 0 Å². The summed E-state index contributed by atoms with van der Waals surface area (Å²) in [7, 11) is 0. The Morgan fingerprint density at radius 3 is 2.95 bits per heavy atom. The molecule has 0 fully saturated rings. The summed E-state index contributed by atoms with van der Waals surface area (Å²) in [6.07, 6.45) is 3.51. The average molecular weight is 353 g/mol. The third kappa shape index (κ3) is 4.51. The van der Waals surface area contributed by atoms with Crippen LogP contribution in [-0.2, 0) is 11.2 Å². The van der Waals surface area contributed by atoms with E-state index in [9.17, 15) is 4.79 Å². The van der Waals surface area contributed by atoms with Crippen molar-refractivity contribution in [2.75, 3.05) is 6.61 Å². The second kappa shape index (κ2) is 7.26. The third-order valence-electron chi connectivity index (χ3n) is 2.61. The highest BCUT2D eigenvalue weighted by molar-refractivity contribution is 9.10. The van der Waals surface area contributed by atoms with Crippen LogP contribution >= 0.6 is 27.3 Å². The van der Waals surface area contributed by atoms with E-state index in [-0.39, 0.29) is 0 Å². The van der Waals surface area contributed by atoms with Gasteiger partial charge in [-0.15, -0.1) is 0 Å². The van der Waals surface area contributed by atoms with Gasteiger partial charge >= 0.3 is 5.97 Å². The van der Waals surface area contributed by atoms with E-state index in [1.807, 2.05) is 23.6 Å². The van der Waals surface area contributed by atoms with Gasteiger partial charge in [0.15, 0.2) is 0 Å². The smallest absolute Gasteiger partial charge is 0.328 e. The number of hydrogen-bond acceptors (Lipinski definition) is 3. The number of hydrogen-bond donors (Lipinski definition) is 1. The molecule has 0 unspecified atom stereocenters. The van der Waals surface area contributed by atoms with Gasteiger partial charge in [-0.1, -0.05) is 15.9 Å². The van der Waals surface area contributed by atoms with Gasteiger partial charge in [-0.3, -0.25) is 0 Å². The van der Waals surface area contributed by atoms with E-state index >= 15 is 0 Å². The molecule has 0 saturated heterocycles. The number of benzene rings is 1. The van der Waals surface area contributed by atoms with Gasteiger partial charge in [0.05, 0.1) is 6.61 Å². The van der Waals surface area contributed by atoms with Crippen LogP contribution in [-0.4, -0.2) is 17.7 Å². The fourth-order valence-electron chi connectivity index (χ4n) is 1.62. The molecule has 0 aliphatic carbocycles. The number of ether oxygens (including phenoxy) is 1. The highest BCUT2D eigenvalue weighted by atomic mass is 79.9. The molecule has 5 heteroatoms. The number of carboxylic acids is 1. The van der Waals surface area contributed by atoms with Crippen LogP contribution in [0.3, 0.4) is 0 Å². The second-order valence-electron chi connectivity index (χ2n) is 4.08. The highest BCUT2D eigenvalue weighted by Gasteiger charge is 2.01. The van der Waals surface area contributed by atoms with Crippen LogP contribution in [0.15, 0.2) is 45.6 Å². The summed E-state index contributed by atoms with van der Waals surface area (Å²) in [6.45, 7) is 0.598. The molecule has 0 aliphatic rings. The van der Waals surface area contributed by atoms with Gasteiger partial charge in [0.25, 0.3) is 0 Å². The van der Waals surface area contributed by atoms with Gasteiger partial charge in [0.1, 0.15) is 5.75 Å². The molecule has 0 amide bonds. The number of thiophene rings is 1. The Morgan fingerprint density at radius 1 is 1.40 bits per heavy atom. The number of rotatable bonds is 6. The first-order valence-corrected chi connectivity index (χ1v) is 7.73. The molecule has 104 valence electrons. The molecule has 0 bridgehead atoms. The number of carboxylic acid groups (broad SMARTS) is 1. The van der Waals surface area contributed by atoms with Crippen molar-refractivity contribution >= 4 is 39.3 Å². The van der Waals surface area contributed by atoms with E-state index in [1.165, 1.54) is 11.6 Å². The van der Waals surface area contributed by atoms with Crippen molar-refractivity contribution in [3.63, 3.8) is 0 Å². The topological polar surface area (TPSA) is 46.5 Å². The molecule has 1 aromatic heterocycles. The third-order valence-corrected chi connectivity index (χ3v) is 4.07. The van der Waals surface area contributed by atoms with E-state index in [4.69, 9.17) is 9.84 Å². The predicted molar refractivity (Wildman–Crippen MR) is 84.3 cm³/mol. The summed E-state index contributed by atoms with van der Waals surface area (Å²) in [5.41, 5.74) is 2.04. The molecule has 1 N–H and O–H groups in total. The quantitative estimate of drug-likeness (QED) is 0.791. The molecule has 0 atom stereocenters. The van der Waals surface area contributed by atoms with Crippen LogP contribution in [0.2, 0.25) is 0 Å². The zero-order chi connectivity index (χ0) is 14.4. The fourth-order valence-corrected chi connectivity index (χ4v) is 2.70. The monoisotopic (exact) mass is 352 g/mol. The maximum atomic E-state index is 10.5. The maximum absolute atomic E-state index is 10.5. The molecule has 1 aromatic carbocycles. The SMILES string of the molecule is O=C(O)/C=C/c1cc(OCCc2ccsc2)ccc1Br. The first kappa shape index (κ1) is 14.8. The molecule has 1 heterocycles. The number of aliphatic carboxylic acids is 1. The van der Waals surface area contributed by atoms with Crippen LogP contribution in [0.1, 0.15) is 11.1 Å². The molecule has 0 radical (unpaired) electrons. The van der Waals surface area contributed by atoms with Crippen LogP contribution in [0.4, 0.5) is 0 Å². The van der Waals surface area contributed by atoms with E-state index in [0.29, 0.717) is 6.61 Å². The molecule has 2 aromatic rings. The van der Waals surface area contributed by atoms with E-state index in [0.717, 1.165) is 28.3 Å². The lowest BCUT2D eigenvalue weighted by molar-refractivity contribution is -0.131. The molecule has 0 aliphatic heterocycles. The largest absolute Gasteiger partial charge is 0.493 e. The zero-order valence-corrected chi connectivity index (χ0v) is 13.0. The van der Waals surface area contributed by atoms with Crippen LogP contribution < -0.4 is 4.74 Å². The Hall–Kier alpha value is -1.59. The minimum absolute atomic E-state index is 0.598. The van der Waals surface area contributed by atoms with E-state index in [2.05, 4.69) is 27.4 Å². The van der Waals surface area contributed by atoms with Crippen LogP contribution in [0.5, 0.6) is 5.75 Å². The first-order chi connectivity index (χ1) is 9.65. The maximum Gasteiger partial charge on any atom is 0.328 e. The van der Waals surface area contributed by atoms with Crippen LogP contribution in [0.25, 0.3) is 6.08 Å². The lowest BCUT2D eigenvalue weighted by Crippen LogP contribution is -2.00. The van der Waals surface area contributed by atoms with Crippen molar-refractivity contribution < 1.29 is 14.6 Å². The van der Waals surface area contributed by atoms with Crippen molar-refractivity contribution in [2.45, 2.75) is 6.42 Å². The number of carbonyl (C=O) groups is 1. The number of halogens is 1. The summed E-state index contributed by atoms with van der Waals surface area (Å²) < 4.78 is 6.52. The van der Waals surface area contributed by atoms with Gasteiger partial charge in [0, 0.05) is 17.0 Å². The standard InChI is InChI=1S/C15H13BrO3S/c16-14-3-2-13(9-12(14)1-4-15(17)18)19-7-5-11-6-8-20-10-11/h1-4,6,8-10H,5,7H2,(H,17,18)/b4-1+. The van der Waals surface area contributed by atoms with E-state index < -0.39 is 5.97 Å². The Morgan fingerprint density at radius 2 is 2.25 bits per heavy atom.